The molecule has 144 valence electrons. The fourth-order valence-corrected chi connectivity index (χ4v) is 3.21. The molecule has 3 rings (SSSR count). The van der Waals surface area contributed by atoms with Gasteiger partial charge in [-0.05, 0) is 42.4 Å². The molecule has 1 atom stereocenters. The van der Waals surface area contributed by atoms with Crippen molar-refractivity contribution >= 4 is 23.0 Å². The number of thiocarbonyl (C=S) groups is 1. The maximum absolute atomic E-state index is 5.58. The van der Waals surface area contributed by atoms with Gasteiger partial charge in [0.25, 0.3) is 0 Å². The van der Waals surface area contributed by atoms with Crippen LogP contribution in [-0.4, -0.2) is 19.3 Å². The first-order chi connectivity index (χ1) is 13.6. The Morgan fingerprint density at radius 1 is 0.821 bits per heavy atom. The Morgan fingerprint density at radius 2 is 1.46 bits per heavy atom. The van der Waals surface area contributed by atoms with Crippen LogP contribution in [0.5, 0.6) is 11.5 Å². The first-order valence-corrected chi connectivity index (χ1v) is 9.42. The summed E-state index contributed by atoms with van der Waals surface area (Å²) < 4.78 is 10.6. The van der Waals surface area contributed by atoms with Crippen molar-refractivity contribution in [3.05, 3.63) is 89.5 Å². The lowest BCUT2D eigenvalue weighted by Gasteiger charge is -2.22. The Bertz CT molecular complexity index is 927. The van der Waals surface area contributed by atoms with E-state index in [4.69, 9.17) is 21.7 Å². The molecule has 4 nitrogen and oxygen atoms in total. The van der Waals surface area contributed by atoms with E-state index in [0.29, 0.717) is 16.6 Å². The van der Waals surface area contributed by atoms with Gasteiger partial charge in [-0.2, -0.15) is 0 Å². The van der Waals surface area contributed by atoms with Crippen molar-refractivity contribution in [3.63, 3.8) is 0 Å². The molecule has 0 saturated heterocycles. The van der Waals surface area contributed by atoms with Crippen molar-refractivity contribution in [1.82, 2.24) is 5.32 Å². The molecule has 0 unspecified atom stereocenters. The third-order valence-electron chi connectivity index (χ3n) is 4.46. The molecule has 3 aromatic rings. The fourth-order valence-electron chi connectivity index (χ4n) is 2.98. The topological polar surface area (TPSA) is 42.5 Å². The van der Waals surface area contributed by atoms with E-state index in [-0.39, 0.29) is 6.04 Å². The molecule has 0 aliphatic carbocycles. The second-order valence-corrected chi connectivity index (χ2v) is 6.83. The zero-order valence-corrected chi connectivity index (χ0v) is 17.0. The van der Waals surface area contributed by atoms with Gasteiger partial charge in [0.1, 0.15) is 0 Å². The Labute approximate surface area is 171 Å². The van der Waals surface area contributed by atoms with Gasteiger partial charge < -0.3 is 20.1 Å². The van der Waals surface area contributed by atoms with Crippen LogP contribution >= 0.6 is 12.2 Å². The molecule has 0 amide bonds. The number of ether oxygens (including phenoxy) is 2. The van der Waals surface area contributed by atoms with Crippen LogP contribution in [0.1, 0.15) is 22.7 Å². The summed E-state index contributed by atoms with van der Waals surface area (Å²) in [6.45, 7) is 2.08. The maximum Gasteiger partial charge on any atom is 0.171 e. The van der Waals surface area contributed by atoms with E-state index < -0.39 is 0 Å². The zero-order chi connectivity index (χ0) is 19.9. The van der Waals surface area contributed by atoms with Gasteiger partial charge in [-0.3, -0.25) is 0 Å². The standard InChI is InChI=1S/C23H24N2O2S/c1-16-9-11-18(12-10-16)22(17-7-5-4-6-8-17)25-23(28)24-19-13-14-20(26-2)21(15-19)27-3/h4-15,22H,1-3H3,(H2,24,25,28)/t22-/m1/s1. The van der Waals surface area contributed by atoms with Crippen LogP contribution in [0, 0.1) is 6.92 Å². The first-order valence-electron chi connectivity index (χ1n) is 9.01. The molecule has 0 aliphatic heterocycles. The average Bonchev–Trinajstić information content (AvgIpc) is 2.73. The van der Waals surface area contributed by atoms with Gasteiger partial charge in [-0.15, -0.1) is 0 Å². The summed E-state index contributed by atoms with van der Waals surface area (Å²) in [7, 11) is 3.23. The Morgan fingerprint density at radius 3 is 2.11 bits per heavy atom. The normalized spacial score (nSPS) is 11.4. The third-order valence-corrected chi connectivity index (χ3v) is 4.68. The highest BCUT2D eigenvalue weighted by Crippen LogP contribution is 2.30. The molecule has 3 aromatic carbocycles. The minimum absolute atomic E-state index is 0.0538. The highest BCUT2D eigenvalue weighted by molar-refractivity contribution is 7.80. The fraction of sp³-hybridized carbons (Fsp3) is 0.174. The molecule has 0 aromatic heterocycles. The molecule has 0 heterocycles. The summed E-state index contributed by atoms with van der Waals surface area (Å²) in [5.74, 6) is 1.32. The monoisotopic (exact) mass is 392 g/mol. The highest BCUT2D eigenvalue weighted by atomic mass is 32.1. The number of hydrogen-bond donors (Lipinski definition) is 2. The van der Waals surface area contributed by atoms with Gasteiger partial charge in [0.15, 0.2) is 16.6 Å². The molecule has 0 aliphatic rings. The minimum Gasteiger partial charge on any atom is -0.493 e. The second-order valence-electron chi connectivity index (χ2n) is 6.42. The largest absolute Gasteiger partial charge is 0.493 e. The summed E-state index contributed by atoms with van der Waals surface area (Å²) in [4.78, 5) is 0. The summed E-state index contributed by atoms with van der Waals surface area (Å²) in [5, 5.41) is 7.20. The number of anilines is 1. The minimum atomic E-state index is -0.0538. The van der Waals surface area contributed by atoms with E-state index >= 15 is 0 Å². The number of methoxy groups -OCH3 is 2. The predicted molar refractivity (Wildman–Crippen MR) is 118 cm³/mol. The molecule has 0 fully saturated rings. The van der Waals surface area contributed by atoms with Crippen molar-refractivity contribution in [2.45, 2.75) is 13.0 Å². The summed E-state index contributed by atoms with van der Waals surface area (Å²) in [5.41, 5.74) is 4.34. The number of hydrogen-bond acceptors (Lipinski definition) is 3. The zero-order valence-electron chi connectivity index (χ0n) is 16.2. The van der Waals surface area contributed by atoms with E-state index in [2.05, 4.69) is 54.0 Å². The van der Waals surface area contributed by atoms with Crippen molar-refractivity contribution in [2.24, 2.45) is 0 Å². The van der Waals surface area contributed by atoms with Crippen LogP contribution in [0.25, 0.3) is 0 Å². The summed E-state index contributed by atoms with van der Waals surface area (Å²) in [6, 6.07) is 24.3. The maximum atomic E-state index is 5.58. The number of aryl methyl sites for hydroxylation is 1. The van der Waals surface area contributed by atoms with E-state index in [1.807, 2.05) is 36.4 Å². The van der Waals surface area contributed by atoms with Gasteiger partial charge in [-0.25, -0.2) is 0 Å². The van der Waals surface area contributed by atoms with Gasteiger partial charge in [0, 0.05) is 11.8 Å². The smallest absolute Gasteiger partial charge is 0.171 e. The summed E-state index contributed by atoms with van der Waals surface area (Å²) >= 11 is 5.58. The number of rotatable bonds is 6. The van der Waals surface area contributed by atoms with Crippen LogP contribution in [0.3, 0.4) is 0 Å². The SMILES string of the molecule is COc1ccc(NC(=S)N[C@H](c2ccccc2)c2ccc(C)cc2)cc1OC. The van der Waals surface area contributed by atoms with Crippen LogP contribution < -0.4 is 20.1 Å². The summed E-state index contributed by atoms with van der Waals surface area (Å²) in [6.07, 6.45) is 0. The Kier molecular flexibility index (Phi) is 6.50. The van der Waals surface area contributed by atoms with Gasteiger partial charge in [-0.1, -0.05) is 60.2 Å². The van der Waals surface area contributed by atoms with Crippen LogP contribution in [0.2, 0.25) is 0 Å². The predicted octanol–water partition coefficient (Wildman–Crippen LogP) is 5.09. The molecule has 0 saturated carbocycles. The first kappa shape index (κ1) is 19.7. The number of nitrogens with one attached hydrogen (secondary N) is 2. The molecule has 2 N–H and O–H groups in total. The van der Waals surface area contributed by atoms with Crippen LogP contribution in [0.15, 0.2) is 72.8 Å². The lowest BCUT2D eigenvalue weighted by molar-refractivity contribution is 0.355. The molecule has 28 heavy (non-hydrogen) atoms. The lowest BCUT2D eigenvalue weighted by Crippen LogP contribution is -2.33. The van der Waals surface area contributed by atoms with E-state index in [1.165, 1.54) is 5.56 Å². The molecule has 0 radical (unpaired) electrons. The average molecular weight is 393 g/mol. The van der Waals surface area contributed by atoms with E-state index in [9.17, 15) is 0 Å². The van der Waals surface area contributed by atoms with Crippen LogP contribution in [0.4, 0.5) is 5.69 Å². The van der Waals surface area contributed by atoms with E-state index in [1.54, 1.807) is 14.2 Å². The molecule has 0 spiro atoms. The van der Waals surface area contributed by atoms with Crippen LogP contribution in [-0.2, 0) is 0 Å². The van der Waals surface area contributed by atoms with E-state index in [0.717, 1.165) is 16.8 Å². The van der Waals surface area contributed by atoms with Gasteiger partial charge in [0.05, 0.1) is 20.3 Å². The lowest BCUT2D eigenvalue weighted by atomic mass is 9.98. The van der Waals surface area contributed by atoms with Crippen molar-refractivity contribution in [2.75, 3.05) is 19.5 Å². The van der Waals surface area contributed by atoms with Crippen molar-refractivity contribution in [3.8, 4) is 11.5 Å². The third kappa shape index (κ3) is 4.81. The molecular weight excluding hydrogens is 368 g/mol. The molecule has 0 bridgehead atoms. The number of benzene rings is 3. The van der Waals surface area contributed by atoms with Gasteiger partial charge in [0.2, 0.25) is 0 Å². The highest BCUT2D eigenvalue weighted by Gasteiger charge is 2.15. The molecule has 5 heteroatoms. The Balaban J connectivity index is 1.81. The van der Waals surface area contributed by atoms with Crippen molar-refractivity contribution < 1.29 is 9.47 Å². The molecular formula is C23H24N2O2S. The second kappa shape index (κ2) is 9.24. The van der Waals surface area contributed by atoms with Crippen molar-refractivity contribution in [1.29, 1.82) is 0 Å². The van der Waals surface area contributed by atoms with Gasteiger partial charge >= 0.3 is 0 Å². The quantitative estimate of drug-likeness (QED) is 0.572. The Hall–Kier alpha value is -3.05.